The molecule has 1 aliphatic rings. The molecule has 17 heavy (non-hydrogen) atoms. The van der Waals surface area contributed by atoms with Crippen molar-refractivity contribution in [2.75, 3.05) is 25.9 Å². The SMILES string of the molecule is Cc1cnc(N)nc1OCCC1=CN(C)NC1. The van der Waals surface area contributed by atoms with Crippen LogP contribution in [-0.4, -0.2) is 35.2 Å². The fraction of sp³-hybridized carbons (Fsp3) is 0.455. The minimum Gasteiger partial charge on any atom is -0.477 e. The second kappa shape index (κ2) is 5.01. The molecule has 0 atom stereocenters. The molecule has 0 aromatic carbocycles. The Balaban J connectivity index is 1.86. The third-order valence-electron chi connectivity index (χ3n) is 2.54. The van der Waals surface area contributed by atoms with Crippen molar-refractivity contribution in [1.82, 2.24) is 20.4 Å². The molecule has 3 N–H and O–H groups in total. The summed E-state index contributed by atoms with van der Waals surface area (Å²) < 4.78 is 5.60. The minimum absolute atomic E-state index is 0.243. The van der Waals surface area contributed by atoms with Crippen LogP contribution >= 0.6 is 0 Å². The summed E-state index contributed by atoms with van der Waals surface area (Å²) in [6, 6.07) is 0. The molecule has 1 aliphatic heterocycles. The molecule has 0 bridgehead atoms. The van der Waals surface area contributed by atoms with Crippen molar-refractivity contribution in [1.29, 1.82) is 0 Å². The number of anilines is 1. The predicted molar refractivity (Wildman–Crippen MR) is 65.1 cm³/mol. The van der Waals surface area contributed by atoms with Crippen LogP contribution in [0.2, 0.25) is 0 Å². The highest BCUT2D eigenvalue weighted by Crippen LogP contribution is 2.15. The number of nitrogens with two attached hydrogens (primary N) is 1. The van der Waals surface area contributed by atoms with Crippen LogP contribution in [0.1, 0.15) is 12.0 Å². The van der Waals surface area contributed by atoms with E-state index in [0.717, 1.165) is 18.5 Å². The molecular weight excluding hydrogens is 218 g/mol. The van der Waals surface area contributed by atoms with Gasteiger partial charge < -0.3 is 15.5 Å². The van der Waals surface area contributed by atoms with E-state index in [-0.39, 0.29) is 5.95 Å². The molecule has 0 saturated carbocycles. The van der Waals surface area contributed by atoms with Crippen LogP contribution in [0.15, 0.2) is 18.0 Å². The molecule has 1 aromatic heterocycles. The number of hydrogen-bond acceptors (Lipinski definition) is 6. The Morgan fingerprint density at radius 3 is 3.12 bits per heavy atom. The third kappa shape index (κ3) is 3.07. The lowest BCUT2D eigenvalue weighted by Crippen LogP contribution is -2.23. The van der Waals surface area contributed by atoms with E-state index in [0.29, 0.717) is 12.5 Å². The van der Waals surface area contributed by atoms with Gasteiger partial charge in [-0.25, -0.2) is 10.4 Å². The van der Waals surface area contributed by atoms with Crippen molar-refractivity contribution in [2.45, 2.75) is 13.3 Å². The zero-order chi connectivity index (χ0) is 12.3. The first-order chi connectivity index (χ1) is 8.15. The van der Waals surface area contributed by atoms with Gasteiger partial charge in [-0.15, -0.1) is 0 Å². The van der Waals surface area contributed by atoms with Crippen molar-refractivity contribution < 1.29 is 4.74 Å². The molecule has 0 aliphatic carbocycles. The molecule has 0 unspecified atom stereocenters. The van der Waals surface area contributed by atoms with Gasteiger partial charge >= 0.3 is 0 Å². The van der Waals surface area contributed by atoms with Gasteiger partial charge in [0.25, 0.3) is 0 Å². The highest BCUT2D eigenvalue weighted by atomic mass is 16.5. The van der Waals surface area contributed by atoms with E-state index in [2.05, 4.69) is 21.6 Å². The standard InChI is InChI=1S/C11H17N5O/c1-8-5-13-11(12)15-10(8)17-4-3-9-6-14-16(2)7-9/h5,7,14H,3-4,6H2,1-2H3,(H2,12,13,15). The second-order valence-electron chi connectivity index (χ2n) is 4.05. The number of nitrogens with zero attached hydrogens (tertiary/aromatic N) is 3. The van der Waals surface area contributed by atoms with E-state index >= 15 is 0 Å². The summed E-state index contributed by atoms with van der Waals surface area (Å²) in [6.07, 6.45) is 4.62. The number of hydrogen-bond donors (Lipinski definition) is 2. The molecule has 2 rings (SSSR count). The maximum Gasteiger partial charge on any atom is 0.223 e. The van der Waals surface area contributed by atoms with E-state index in [4.69, 9.17) is 10.5 Å². The summed E-state index contributed by atoms with van der Waals surface area (Å²) in [6.45, 7) is 3.38. The van der Waals surface area contributed by atoms with Gasteiger partial charge in [0, 0.05) is 38.0 Å². The molecule has 0 saturated heterocycles. The van der Waals surface area contributed by atoms with Gasteiger partial charge in [0.15, 0.2) is 0 Å². The predicted octanol–water partition coefficient (Wildman–Crippen LogP) is 0.470. The molecule has 2 heterocycles. The first kappa shape index (κ1) is 11.7. The molecular formula is C11H17N5O. The largest absolute Gasteiger partial charge is 0.477 e. The highest BCUT2D eigenvalue weighted by Gasteiger charge is 2.08. The third-order valence-corrected chi connectivity index (χ3v) is 2.54. The minimum atomic E-state index is 0.243. The first-order valence-electron chi connectivity index (χ1n) is 5.53. The van der Waals surface area contributed by atoms with Crippen LogP contribution < -0.4 is 15.9 Å². The molecule has 0 spiro atoms. The van der Waals surface area contributed by atoms with Crippen molar-refractivity contribution in [2.24, 2.45) is 0 Å². The molecule has 0 amide bonds. The van der Waals surface area contributed by atoms with Gasteiger partial charge in [-0.2, -0.15) is 4.98 Å². The number of nitrogen functional groups attached to an aromatic ring is 1. The van der Waals surface area contributed by atoms with Gasteiger partial charge in [0.05, 0.1) is 6.61 Å². The average molecular weight is 235 g/mol. The fourth-order valence-corrected chi connectivity index (χ4v) is 1.61. The van der Waals surface area contributed by atoms with Crippen molar-refractivity contribution in [3.8, 4) is 5.88 Å². The van der Waals surface area contributed by atoms with Crippen LogP contribution in [0.4, 0.5) is 5.95 Å². The Morgan fingerprint density at radius 2 is 2.41 bits per heavy atom. The van der Waals surface area contributed by atoms with Crippen LogP contribution in [0, 0.1) is 6.92 Å². The van der Waals surface area contributed by atoms with E-state index in [1.165, 1.54) is 5.57 Å². The molecule has 6 nitrogen and oxygen atoms in total. The van der Waals surface area contributed by atoms with Gasteiger partial charge in [-0.3, -0.25) is 0 Å². The number of aryl methyl sites for hydroxylation is 1. The number of rotatable bonds is 4. The Hall–Kier alpha value is -1.82. The molecule has 6 heteroatoms. The first-order valence-corrected chi connectivity index (χ1v) is 5.53. The number of ether oxygens (including phenoxy) is 1. The molecule has 0 fully saturated rings. The Bertz CT molecular complexity index is 432. The van der Waals surface area contributed by atoms with Gasteiger partial charge in [0.2, 0.25) is 11.8 Å². The zero-order valence-corrected chi connectivity index (χ0v) is 10.1. The summed E-state index contributed by atoms with van der Waals surface area (Å²) in [4.78, 5) is 7.94. The topological polar surface area (TPSA) is 76.3 Å². The molecule has 0 radical (unpaired) electrons. The molecule has 92 valence electrons. The maximum absolute atomic E-state index is 5.60. The number of nitrogens with one attached hydrogen (secondary N) is 1. The summed E-state index contributed by atoms with van der Waals surface area (Å²) in [5.74, 6) is 0.810. The Labute approximate surface area is 100 Å². The van der Waals surface area contributed by atoms with Crippen molar-refractivity contribution in [3.05, 3.63) is 23.5 Å². The average Bonchev–Trinajstić information content (AvgIpc) is 2.69. The molecule has 1 aromatic rings. The number of hydrazine groups is 1. The summed E-state index contributed by atoms with van der Waals surface area (Å²) >= 11 is 0. The summed E-state index contributed by atoms with van der Waals surface area (Å²) in [5.41, 5.74) is 10.9. The summed E-state index contributed by atoms with van der Waals surface area (Å²) in [5, 5.41) is 1.95. The zero-order valence-electron chi connectivity index (χ0n) is 10.1. The second-order valence-corrected chi connectivity index (χ2v) is 4.05. The maximum atomic E-state index is 5.60. The van der Waals surface area contributed by atoms with E-state index in [9.17, 15) is 0 Å². The Morgan fingerprint density at radius 1 is 1.59 bits per heavy atom. The van der Waals surface area contributed by atoms with Gasteiger partial charge in [-0.1, -0.05) is 0 Å². The van der Waals surface area contributed by atoms with Crippen LogP contribution in [0.5, 0.6) is 5.88 Å². The van der Waals surface area contributed by atoms with Crippen LogP contribution in [-0.2, 0) is 0 Å². The highest BCUT2D eigenvalue weighted by molar-refractivity contribution is 5.28. The van der Waals surface area contributed by atoms with Crippen molar-refractivity contribution in [3.63, 3.8) is 0 Å². The summed E-state index contributed by atoms with van der Waals surface area (Å²) in [7, 11) is 1.98. The van der Waals surface area contributed by atoms with Crippen LogP contribution in [0.3, 0.4) is 0 Å². The van der Waals surface area contributed by atoms with E-state index in [1.807, 2.05) is 19.0 Å². The lowest BCUT2D eigenvalue weighted by Gasteiger charge is -2.07. The fourth-order valence-electron chi connectivity index (χ4n) is 1.61. The Kier molecular flexibility index (Phi) is 3.43. The van der Waals surface area contributed by atoms with Crippen molar-refractivity contribution >= 4 is 5.95 Å². The monoisotopic (exact) mass is 235 g/mol. The van der Waals surface area contributed by atoms with Gasteiger partial charge in [0.1, 0.15) is 0 Å². The normalized spacial score (nSPS) is 14.9. The number of aromatic nitrogens is 2. The van der Waals surface area contributed by atoms with E-state index < -0.39 is 0 Å². The quantitative estimate of drug-likeness (QED) is 0.790. The lowest BCUT2D eigenvalue weighted by atomic mass is 10.2. The van der Waals surface area contributed by atoms with Gasteiger partial charge in [-0.05, 0) is 12.5 Å². The van der Waals surface area contributed by atoms with Crippen LogP contribution in [0.25, 0.3) is 0 Å². The smallest absolute Gasteiger partial charge is 0.223 e. The lowest BCUT2D eigenvalue weighted by molar-refractivity contribution is 0.306. The van der Waals surface area contributed by atoms with E-state index in [1.54, 1.807) is 6.20 Å².